The van der Waals surface area contributed by atoms with E-state index >= 15 is 0 Å². The quantitative estimate of drug-likeness (QED) is 0.855. The minimum absolute atomic E-state index is 0.250. The van der Waals surface area contributed by atoms with Crippen LogP contribution in [-0.2, 0) is 16.1 Å². The number of ether oxygens (including phenoxy) is 1. The van der Waals surface area contributed by atoms with Crippen LogP contribution in [-0.4, -0.2) is 18.5 Å². The number of esters is 1. The number of rotatable bonds is 5. The molecule has 0 aliphatic rings. The standard InChI is InChI=1S/C12H11NO3S2/c14-11(13-6-10-2-1-4-18-10)7-16-12(15)9-3-5-17-8-9/h1-5,8H,6-7H2,(H,13,14). The van der Waals surface area contributed by atoms with E-state index in [0.29, 0.717) is 12.1 Å². The van der Waals surface area contributed by atoms with Gasteiger partial charge in [0, 0.05) is 10.3 Å². The van der Waals surface area contributed by atoms with E-state index in [4.69, 9.17) is 4.74 Å². The van der Waals surface area contributed by atoms with Gasteiger partial charge in [-0.1, -0.05) is 6.07 Å². The van der Waals surface area contributed by atoms with Crippen molar-refractivity contribution in [1.82, 2.24) is 5.32 Å². The fourth-order valence-electron chi connectivity index (χ4n) is 1.24. The molecule has 0 atom stereocenters. The van der Waals surface area contributed by atoms with Gasteiger partial charge in [-0.25, -0.2) is 4.79 Å². The van der Waals surface area contributed by atoms with Gasteiger partial charge in [-0.05, 0) is 22.9 Å². The molecule has 0 fully saturated rings. The zero-order chi connectivity index (χ0) is 12.8. The van der Waals surface area contributed by atoms with Crippen molar-refractivity contribution in [2.24, 2.45) is 0 Å². The summed E-state index contributed by atoms with van der Waals surface area (Å²) < 4.78 is 4.88. The lowest BCUT2D eigenvalue weighted by atomic mass is 10.3. The van der Waals surface area contributed by atoms with Crippen LogP contribution in [0.2, 0.25) is 0 Å². The Kier molecular flexibility index (Phi) is 4.49. The number of carbonyl (C=O) groups is 2. The van der Waals surface area contributed by atoms with Crippen LogP contribution in [0.1, 0.15) is 15.2 Å². The maximum Gasteiger partial charge on any atom is 0.339 e. The Morgan fingerprint density at radius 3 is 2.83 bits per heavy atom. The van der Waals surface area contributed by atoms with Crippen molar-refractivity contribution in [2.45, 2.75) is 6.54 Å². The molecule has 94 valence electrons. The minimum atomic E-state index is -0.470. The van der Waals surface area contributed by atoms with Gasteiger partial charge in [0.25, 0.3) is 5.91 Å². The van der Waals surface area contributed by atoms with Crippen LogP contribution < -0.4 is 5.32 Å². The number of nitrogens with one attached hydrogen (secondary N) is 1. The van der Waals surface area contributed by atoms with Crippen LogP contribution in [0.5, 0.6) is 0 Å². The first-order valence-corrected chi connectivity index (χ1v) is 7.06. The lowest BCUT2D eigenvalue weighted by Crippen LogP contribution is -2.28. The fraction of sp³-hybridized carbons (Fsp3) is 0.167. The molecule has 0 aromatic carbocycles. The van der Waals surface area contributed by atoms with Crippen molar-refractivity contribution in [3.8, 4) is 0 Å². The summed E-state index contributed by atoms with van der Waals surface area (Å²) in [6.07, 6.45) is 0. The average molecular weight is 281 g/mol. The number of thiophene rings is 2. The number of hydrogen-bond acceptors (Lipinski definition) is 5. The molecular weight excluding hydrogens is 270 g/mol. The Hall–Kier alpha value is -1.66. The molecule has 2 aromatic rings. The normalized spacial score (nSPS) is 10.0. The Morgan fingerprint density at radius 2 is 2.17 bits per heavy atom. The van der Waals surface area contributed by atoms with E-state index in [1.807, 2.05) is 17.5 Å². The Morgan fingerprint density at radius 1 is 1.28 bits per heavy atom. The molecule has 4 nitrogen and oxygen atoms in total. The summed E-state index contributed by atoms with van der Waals surface area (Å²) in [5.41, 5.74) is 0.478. The van der Waals surface area contributed by atoms with Gasteiger partial charge >= 0.3 is 5.97 Å². The lowest BCUT2D eigenvalue weighted by molar-refractivity contribution is -0.124. The summed E-state index contributed by atoms with van der Waals surface area (Å²) >= 11 is 2.98. The second kappa shape index (κ2) is 6.32. The lowest BCUT2D eigenvalue weighted by Gasteiger charge is -2.04. The third kappa shape index (κ3) is 3.68. The van der Waals surface area contributed by atoms with Gasteiger partial charge in [-0.15, -0.1) is 11.3 Å². The topological polar surface area (TPSA) is 55.4 Å². The minimum Gasteiger partial charge on any atom is -0.452 e. The highest BCUT2D eigenvalue weighted by Crippen LogP contribution is 2.08. The summed E-state index contributed by atoms with van der Waals surface area (Å²) in [5.74, 6) is -0.769. The SMILES string of the molecule is O=C(COC(=O)c1ccsc1)NCc1cccs1. The maximum atomic E-state index is 11.4. The van der Waals surface area contributed by atoms with E-state index in [1.54, 1.807) is 28.2 Å². The van der Waals surface area contributed by atoms with E-state index < -0.39 is 5.97 Å². The molecule has 0 unspecified atom stereocenters. The van der Waals surface area contributed by atoms with Gasteiger partial charge in [0.1, 0.15) is 0 Å². The molecule has 0 saturated heterocycles. The highest BCUT2D eigenvalue weighted by molar-refractivity contribution is 7.09. The summed E-state index contributed by atoms with van der Waals surface area (Å²) in [7, 11) is 0. The molecule has 0 spiro atoms. The third-order valence-electron chi connectivity index (χ3n) is 2.13. The van der Waals surface area contributed by atoms with Crippen molar-refractivity contribution in [3.63, 3.8) is 0 Å². The second-order valence-electron chi connectivity index (χ2n) is 3.44. The van der Waals surface area contributed by atoms with E-state index in [1.165, 1.54) is 11.3 Å². The van der Waals surface area contributed by atoms with Crippen LogP contribution in [0, 0.1) is 0 Å². The maximum absolute atomic E-state index is 11.4. The molecule has 1 amide bonds. The van der Waals surface area contributed by atoms with Crippen molar-refractivity contribution >= 4 is 34.6 Å². The summed E-state index contributed by atoms with van der Waals surface area (Å²) in [6.45, 7) is 0.215. The fourth-order valence-corrected chi connectivity index (χ4v) is 2.51. The highest BCUT2D eigenvalue weighted by Gasteiger charge is 2.10. The molecule has 1 N–H and O–H groups in total. The smallest absolute Gasteiger partial charge is 0.339 e. The van der Waals surface area contributed by atoms with Crippen LogP contribution in [0.25, 0.3) is 0 Å². The molecule has 0 aliphatic heterocycles. The first-order chi connectivity index (χ1) is 8.75. The van der Waals surface area contributed by atoms with Crippen LogP contribution in [0.15, 0.2) is 34.3 Å². The van der Waals surface area contributed by atoms with Crippen molar-refractivity contribution in [1.29, 1.82) is 0 Å². The number of carbonyl (C=O) groups excluding carboxylic acids is 2. The largest absolute Gasteiger partial charge is 0.452 e. The van der Waals surface area contributed by atoms with Crippen LogP contribution in [0.3, 0.4) is 0 Å². The first-order valence-electron chi connectivity index (χ1n) is 5.24. The predicted octanol–water partition coefficient (Wildman–Crippen LogP) is 2.28. The summed E-state index contributed by atoms with van der Waals surface area (Å²) in [4.78, 5) is 23.9. The number of amides is 1. The molecule has 2 aromatic heterocycles. The molecule has 2 heterocycles. The molecule has 6 heteroatoms. The van der Waals surface area contributed by atoms with E-state index in [-0.39, 0.29) is 12.5 Å². The Balaban J connectivity index is 1.70. The predicted molar refractivity (Wildman–Crippen MR) is 70.8 cm³/mol. The van der Waals surface area contributed by atoms with Crippen LogP contribution >= 0.6 is 22.7 Å². The third-order valence-corrected chi connectivity index (χ3v) is 3.69. The summed E-state index contributed by atoms with van der Waals surface area (Å²) in [5, 5.41) is 8.10. The molecular formula is C12H11NO3S2. The first kappa shape index (κ1) is 12.8. The molecule has 0 bridgehead atoms. The molecule has 0 saturated carbocycles. The van der Waals surface area contributed by atoms with E-state index in [0.717, 1.165) is 4.88 Å². The van der Waals surface area contributed by atoms with Gasteiger partial charge in [0.05, 0.1) is 12.1 Å². The van der Waals surface area contributed by atoms with Gasteiger partial charge < -0.3 is 10.1 Å². The van der Waals surface area contributed by atoms with Gasteiger partial charge in [-0.2, -0.15) is 11.3 Å². The van der Waals surface area contributed by atoms with Gasteiger partial charge in [-0.3, -0.25) is 4.79 Å². The Labute approximate surface area is 112 Å². The average Bonchev–Trinajstić information content (AvgIpc) is 3.05. The van der Waals surface area contributed by atoms with Crippen molar-refractivity contribution < 1.29 is 14.3 Å². The van der Waals surface area contributed by atoms with Gasteiger partial charge in [0.2, 0.25) is 0 Å². The van der Waals surface area contributed by atoms with E-state index in [2.05, 4.69) is 5.32 Å². The number of hydrogen-bond donors (Lipinski definition) is 1. The molecule has 18 heavy (non-hydrogen) atoms. The molecule has 0 aliphatic carbocycles. The second-order valence-corrected chi connectivity index (χ2v) is 5.26. The summed E-state index contributed by atoms with van der Waals surface area (Å²) in [6, 6.07) is 5.52. The van der Waals surface area contributed by atoms with Crippen molar-refractivity contribution in [2.75, 3.05) is 6.61 Å². The highest BCUT2D eigenvalue weighted by atomic mass is 32.1. The van der Waals surface area contributed by atoms with Crippen molar-refractivity contribution in [3.05, 3.63) is 44.8 Å². The monoisotopic (exact) mass is 281 g/mol. The van der Waals surface area contributed by atoms with E-state index in [9.17, 15) is 9.59 Å². The zero-order valence-corrected chi connectivity index (χ0v) is 11.1. The zero-order valence-electron chi connectivity index (χ0n) is 9.42. The van der Waals surface area contributed by atoms with Crippen LogP contribution in [0.4, 0.5) is 0 Å². The molecule has 0 radical (unpaired) electrons. The van der Waals surface area contributed by atoms with Gasteiger partial charge in [0.15, 0.2) is 6.61 Å². The molecule has 2 rings (SSSR count). The Bertz CT molecular complexity index is 505.